The van der Waals surface area contributed by atoms with Crippen LogP contribution in [0.5, 0.6) is 0 Å². The van der Waals surface area contributed by atoms with Crippen LogP contribution in [0.2, 0.25) is 0 Å². The van der Waals surface area contributed by atoms with Gasteiger partial charge in [0, 0.05) is 0 Å². The second kappa shape index (κ2) is 9.87. The molecule has 1 aliphatic rings. The lowest BCUT2D eigenvalue weighted by atomic mass is 10.2. The van der Waals surface area contributed by atoms with Crippen LogP contribution in [0.4, 0.5) is 0 Å². The quantitative estimate of drug-likeness (QED) is 0.273. The summed E-state index contributed by atoms with van der Waals surface area (Å²) in [6.07, 6.45) is -3.75. The van der Waals surface area contributed by atoms with Crippen molar-refractivity contribution in [2.75, 3.05) is 26.4 Å². The fraction of sp³-hybridized carbons (Fsp3) is 1.00. The van der Waals surface area contributed by atoms with Crippen molar-refractivity contribution >= 4 is 0 Å². The van der Waals surface area contributed by atoms with Gasteiger partial charge in [-0.3, -0.25) is 0 Å². The van der Waals surface area contributed by atoms with Crippen LogP contribution in [0.3, 0.4) is 0 Å². The molecule has 0 amide bonds. The maximum Gasteiger partial charge on any atom is 0.105 e. The molecule has 0 aromatic rings. The van der Waals surface area contributed by atoms with Crippen molar-refractivity contribution in [1.29, 1.82) is 0 Å². The van der Waals surface area contributed by atoms with Crippen LogP contribution >= 0.6 is 0 Å². The summed E-state index contributed by atoms with van der Waals surface area (Å²) in [7, 11) is 0. The zero-order valence-electron chi connectivity index (χ0n) is 8.81. The minimum Gasteiger partial charge on any atom is -0.457 e. The Hall–Kier alpha value is -0.320. The van der Waals surface area contributed by atoms with Crippen LogP contribution in [-0.2, 0) is 10.2 Å². The van der Waals surface area contributed by atoms with E-state index in [1.54, 1.807) is 0 Å². The largest absolute Gasteiger partial charge is 0.457 e. The fourth-order valence-corrected chi connectivity index (χ4v) is 0.775. The molecule has 100 valence electrons. The zero-order chi connectivity index (χ0) is 11.8. The van der Waals surface area contributed by atoms with Crippen molar-refractivity contribution in [3.05, 3.63) is 0 Å². The lowest BCUT2D eigenvalue weighted by Crippen LogP contribution is -2.31. The smallest absolute Gasteiger partial charge is 0.105 e. The highest BCUT2D eigenvalue weighted by atomic mass is 16.5. The molecule has 0 saturated carbocycles. The van der Waals surface area contributed by atoms with Crippen LogP contribution in [0.25, 0.3) is 0 Å². The second-order valence-corrected chi connectivity index (χ2v) is 3.17. The second-order valence-electron chi connectivity index (χ2n) is 3.17. The van der Waals surface area contributed by atoms with Crippen molar-refractivity contribution < 1.29 is 40.9 Å². The van der Waals surface area contributed by atoms with Gasteiger partial charge in [-0.15, -0.1) is 0 Å². The summed E-state index contributed by atoms with van der Waals surface area (Å²) < 4.78 is 4.67. The third kappa shape index (κ3) is 7.04. The standard InChI is InChI=1S/C4H10O4.C4H8O3.H2O/c5-1-3(7)4(8)2-6;5-3-1-7-2-4(3)6;/h3-8H,1-2H2;3-6H,1-2H2;1H2/p+1. The lowest BCUT2D eigenvalue weighted by molar-refractivity contribution is -0.0388. The number of rotatable bonds is 3. The molecule has 9 N–H and O–H groups in total. The summed E-state index contributed by atoms with van der Waals surface area (Å²) in [4.78, 5) is 0. The third-order valence-corrected chi connectivity index (χ3v) is 1.84. The molecule has 8 heteroatoms. The Balaban J connectivity index is 0. The van der Waals surface area contributed by atoms with Crippen LogP contribution in [-0.4, -0.2) is 81.5 Å². The van der Waals surface area contributed by atoms with E-state index in [1.807, 2.05) is 0 Å². The number of aliphatic hydroxyl groups excluding tert-OH is 6. The van der Waals surface area contributed by atoms with Gasteiger partial charge in [-0.25, -0.2) is 0 Å². The first-order chi connectivity index (χ1) is 7.02. The van der Waals surface area contributed by atoms with Gasteiger partial charge >= 0.3 is 0 Å². The number of aliphatic hydroxyl groups is 6. The van der Waals surface area contributed by atoms with E-state index < -0.39 is 37.6 Å². The molecule has 4 atom stereocenters. The van der Waals surface area contributed by atoms with Gasteiger partial charge in [0.2, 0.25) is 0 Å². The molecule has 1 saturated heterocycles. The summed E-state index contributed by atoms with van der Waals surface area (Å²) in [5.74, 6) is 0. The molecule has 0 aliphatic carbocycles. The van der Waals surface area contributed by atoms with Gasteiger partial charge in [0.15, 0.2) is 0 Å². The van der Waals surface area contributed by atoms with E-state index in [-0.39, 0.29) is 18.7 Å². The van der Waals surface area contributed by atoms with Gasteiger partial charge in [-0.05, 0) is 0 Å². The van der Waals surface area contributed by atoms with E-state index in [0.717, 1.165) is 0 Å². The monoisotopic (exact) mass is 245 g/mol. The van der Waals surface area contributed by atoms with E-state index in [0.29, 0.717) is 0 Å². The highest BCUT2D eigenvalue weighted by Gasteiger charge is 2.22. The zero-order valence-corrected chi connectivity index (χ0v) is 8.81. The highest BCUT2D eigenvalue weighted by Crippen LogP contribution is 2.02. The highest BCUT2D eigenvalue weighted by molar-refractivity contribution is 4.71. The molecular formula is C8H21O8+. The molecule has 1 rings (SSSR count). The Labute approximate surface area is 92.7 Å². The van der Waals surface area contributed by atoms with Crippen molar-refractivity contribution in [1.82, 2.24) is 0 Å². The Bertz CT molecular complexity index is 139. The third-order valence-electron chi connectivity index (χ3n) is 1.84. The predicted molar refractivity (Wildman–Crippen MR) is 53.9 cm³/mol. The topological polar surface area (TPSA) is 164 Å². The minimum atomic E-state index is -1.22. The summed E-state index contributed by atoms with van der Waals surface area (Å²) in [5.41, 5.74) is 0. The normalized spacial score (nSPS) is 27.4. The van der Waals surface area contributed by atoms with Gasteiger partial charge in [0.05, 0.1) is 26.4 Å². The van der Waals surface area contributed by atoms with Gasteiger partial charge in [-0.2, -0.15) is 0 Å². The van der Waals surface area contributed by atoms with Gasteiger partial charge in [0.1, 0.15) is 24.4 Å². The molecule has 1 fully saturated rings. The molecule has 4 unspecified atom stereocenters. The summed E-state index contributed by atoms with van der Waals surface area (Å²) in [5, 5.41) is 50.4. The SMILES string of the molecule is OC1COCC1O.OCC(O)C(O)CO.[OH3+]. The Morgan fingerprint density at radius 3 is 1.38 bits per heavy atom. The van der Waals surface area contributed by atoms with Crippen LogP contribution in [0.1, 0.15) is 0 Å². The molecule has 0 spiro atoms. The van der Waals surface area contributed by atoms with Crippen LogP contribution in [0, 0.1) is 0 Å². The number of hydrogen-bond donors (Lipinski definition) is 6. The fourth-order valence-electron chi connectivity index (χ4n) is 0.775. The van der Waals surface area contributed by atoms with E-state index in [2.05, 4.69) is 4.74 Å². The lowest BCUT2D eigenvalue weighted by Gasteiger charge is -2.10. The van der Waals surface area contributed by atoms with Gasteiger partial charge in [-0.1, -0.05) is 0 Å². The van der Waals surface area contributed by atoms with Crippen molar-refractivity contribution in [3.63, 3.8) is 0 Å². The molecule has 0 radical (unpaired) electrons. The van der Waals surface area contributed by atoms with Crippen molar-refractivity contribution in [2.45, 2.75) is 24.4 Å². The first kappa shape index (κ1) is 18.1. The minimum absolute atomic E-state index is 0. The molecule has 0 bridgehead atoms. The van der Waals surface area contributed by atoms with Crippen molar-refractivity contribution in [3.8, 4) is 0 Å². The molecule has 1 heterocycles. The van der Waals surface area contributed by atoms with Crippen molar-refractivity contribution in [2.24, 2.45) is 0 Å². The Morgan fingerprint density at radius 1 is 0.938 bits per heavy atom. The van der Waals surface area contributed by atoms with Crippen LogP contribution < -0.4 is 0 Å². The van der Waals surface area contributed by atoms with E-state index in [9.17, 15) is 0 Å². The first-order valence-corrected chi connectivity index (χ1v) is 4.54. The van der Waals surface area contributed by atoms with E-state index >= 15 is 0 Å². The molecule has 16 heavy (non-hydrogen) atoms. The maximum absolute atomic E-state index is 8.62. The average molecular weight is 245 g/mol. The molecule has 1 aliphatic heterocycles. The summed E-state index contributed by atoms with van der Waals surface area (Å²) >= 11 is 0. The number of ether oxygens (including phenoxy) is 1. The molecule has 0 aromatic carbocycles. The maximum atomic E-state index is 8.62. The first-order valence-electron chi connectivity index (χ1n) is 4.54. The number of hydrogen-bond acceptors (Lipinski definition) is 7. The molecular weight excluding hydrogens is 224 g/mol. The summed E-state index contributed by atoms with van der Waals surface area (Å²) in [6, 6.07) is 0. The molecule has 0 aromatic heterocycles. The predicted octanol–water partition coefficient (Wildman–Crippen LogP) is -4.49. The van der Waals surface area contributed by atoms with E-state index in [1.165, 1.54) is 0 Å². The molecule has 8 nitrogen and oxygen atoms in total. The Kier molecular flexibility index (Phi) is 11.1. The van der Waals surface area contributed by atoms with Crippen LogP contribution in [0.15, 0.2) is 0 Å². The van der Waals surface area contributed by atoms with E-state index in [4.69, 9.17) is 30.6 Å². The Morgan fingerprint density at radius 2 is 1.25 bits per heavy atom. The average Bonchev–Trinajstić information content (AvgIpc) is 2.62. The van der Waals surface area contributed by atoms with Gasteiger partial charge in [0.25, 0.3) is 0 Å². The summed E-state index contributed by atoms with van der Waals surface area (Å²) in [6.45, 7) is -0.494. The van der Waals surface area contributed by atoms with Gasteiger partial charge < -0.3 is 40.9 Å².